The average Bonchev–Trinajstić information content (AvgIpc) is 2.41. The molecule has 2 amide bonds. The number of nitrogens with two attached hydrogens (primary N) is 1. The Kier molecular flexibility index (Phi) is 8.57. The number of carboxylic acid groups (broad SMARTS) is 2. The second-order valence-electron chi connectivity index (χ2n) is 3.87. The van der Waals surface area contributed by atoms with E-state index in [1.807, 2.05) is 5.32 Å². The molecule has 0 fully saturated rings. The Morgan fingerprint density at radius 1 is 1.24 bits per heavy atom. The number of nitrogens with one attached hydrogen (secondary N) is 2. The van der Waals surface area contributed by atoms with Gasteiger partial charge in [-0.25, -0.2) is 4.21 Å². The smallest absolute Gasteiger partial charge is 0.322 e. The van der Waals surface area contributed by atoms with Crippen LogP contribution in [0.1, 0.15) is 12.8 Å². The Morgan fingerprint density at radius 2 is 1.86 bits per heavy atom. The minimum absolute atomic E-state index is 0.0732. The van der Waals surface area contributed by atoms with Crippen molar-refractivity contribution < 1.29 is 33.6 Å². The molecule has 0 spiro atoms. The molecule has 21 heavy (non-hydrogen) atoms. The van der Waals surface area contributed by atoms with E-state index >= 15 is 0 Å². The zero-order chi connectivity index (χ0) is 16.4. The molecule has 0 saturated heterocycles. The van der Waals surface area contributed by atoms with E-state index in [1.165, 1.54) is 0 Å². The highest BCUT2D eigenvalue weighted by atomic mass is 32.1. The summed E-state index contributed by atoms with van der Waals surface area (Å²) in [7, 11) is 0. The third-order valence-corrected chi connectivity index (χ3v) is 2.59. The molecule has 0 saturated carbocycles. The molecular weight excluding hydrogens is 306 g/mol. The molecule has 118 valence electrons. The van der Waals surface area contributed by atoms with E-state index in [4.69, 9.17) is 15.9 Å². The molecule has 0 aliphatic rings. The molecule has 0 rings (SSSR count). The van der Waals surface area contributed by atoms with Crippen LogP contribution in [0, 0.1) is 0 Å². The zero-order valence-electron chi connectivity index (χ0n) is 10.8. The van der Waals surface area contributed by atoms with Crippen molar-refractivity contribution in [1.82, 2.24) is 10.6 Å². The largest absolute Gasteiger partial charge is 0.480 e. The van der Waals surface area contributed by atoms with E-state index in [1.54, 1.807) is 0 Å². The predicted molar refractivity (Wildman–Crippen MR) is 71.6 cm³/mol. The monoisotopic (exact) mass is 321 g/mol. The fourth-order valence-electron chi connectivity index (χ4n) is 1.15. The summed E-state index contributed by atoms with van der Waals surface area (Å²) in [5.74, 6) is -4.10. The molecular formula is C10H15N3O7S. The minimum atomic E-state index is -1.32. The van der Waals surface area contributed by atoms with Gasteiger partial charge in [0.05, 0.1) is 11.3 Å². The third kappa shape index (κ3) is 8.49. The highest BCUT2D eigenvalue weighted by molar-refractivity contribution is 7.65. The number of amides is 2. The summed E-state index contributed by atoms with van der Waals surface area (Å²) in [6.45, 7) is -0.660. The zero-order valence-corrected chi connectivity index (χ0v) is 11.6. The molecule has 0 aromatic carbocycles. The van der Waals surface area contributed by atoms with Crippen molar-refractivity contribution in [2.24, 2.45) is 5.73 Å². The molecule has 0 bridgehead atoms. The van der Waals surface area contributed by atoms with Crippen LogP contribution in [0.15, 0.2) is 0 Å². The van der Waals surface area contributed by atoms with Gasteiger partial charge in [-0.2, -0.15) is 0 Å². The maximum absolute atomic E-state index is 11.5. The first-order chi connectivity index (χ1) is 9.77. The van der Waals surface area contributed by atoms with Crippen LogP contribution in [0.25, 0.3) is 0 Å². The summed E-state index contributed by atoms with van der Waals surface area (Å²) in [5, 5.41) is 22.0. The Bertz CT molecular complexity index is 475. The van der Waals surface area contributed by atoms with Crippen LogP contribution in [-0.2, 0) is 30.4 Å². The quantitative estimate of drug-likeness (QED) is 0.277. The van der Waals surface area contributed by atoms with Crippen molar-refractivity contribution in [3.63, 3.8) is 0 Å². The standard InChI is InChI=1S/C10H15N3O7S/c11-5(10(18)19)1-2-7(14)13-6(4-21-20)9(17)12-3-8(15)16/h4-6H,1-3,11H2,(H,12,17)(H,13,14)(H,15,16)(H,18,19)/t5-,6+/m0/s1. The lowest BCUT2D eigenvalue weighted by atomic mass is 10.1. The highest BCUT2D eigenvalue weighted by Gasteiger charge is 2.20. The molecule has 10 nitrogen and oxygen atoms in total. The van der Waals surface area contributed by atoms with Crippen LogP contribution >= 0.6 is 0 Å². The van der Waals surface area contributed by atoms with Crippen LogP contribution in [0.2, 0.25) is 0 Å². The van der Waals surface area contributed by atoms with Crippen LogP contribution in [0.3, 0.4) is 0 Å². The second kappa shape index (κ2) is 9.61. The van der Waals surface area contributed by atoms with Crippen molar-refractivity contribution >= 4 is 40.4 Å². The van der Waals surface area contributed by atoms with Crippen LogP contribution in [-0.4, -0.2) is 62.2 Å². The summed E-state index contributed by atoms with van der Waals surface area (Å²) in [4.78, 5) is 43.8. The maximum Gasteiger partial charge on any atom is 0.322 e. The normalized spacial score (nSPS) is 12.6. The van der Waals surface area contributed by atoms with Gasteiger partial charge >= 0.3 is 11.9 Å². The first-order valence-electron chi connectivity index (χ1n) is 5.67. The van der Waals surface area contributed by atoms with Crippen LogP contribution in [0.4, 0.5) is 0 Å². The molecule has 0 unspecified atom stereocenters. The first-order valence-corrected chi connectivity index (χ1v) is 6.47. The van der Waals surface area contributed by atoms with E-state index in [9.17, 15) is 23.4 Å². The van der Waals surface area contributed by atoms with Crippen molar-refractivity contribution in [1.29, 1.82) is 0 Å². The van der Waals surface area contributed by atoms with Gasteiger partial charge in [-0.05, 0) is 6.42 Å². The maximum atomic E-state index is 11.5. The molecule has 0 aliphatic carbocycles. The molecule has 6 N–H and O–H groups in total. The van der Waals surface area contributed by atoms with Crippen molar-refractivity contribution in [2.75, 3.05) is 6.54 Å². The predicted octanol–water partition coefficient (Wildman–Crippen LogP) is -3.12. The van der Waals surface area contributed by atoms with Gasteiger partial charge in [0.25, 0.3) is 0 Å². The van der Waals surface area contributed by atoms with E-state index in [-0.39, 0.29) is 24.1 Å². The fourth-order valence-corrected chi connectivity index (χ4v) is 1.45. The topological polar surface area (TPSA) is 176 Å². The summed E-state index contributed by atoms with van der Waals surface area (Å²) in [5.41, 5.74) is 5.21. The van der Waals surface area contributed by atoms with Gasteiger partial charge in [0.1, 0.15) is 18.6 Å². The number of rotatable bonds is 9. The Hall–Kier alpha value is -2.27. The summed E-state index contributed by atoms with van der Waals surface area (Å²) < 4.78 is 10.4. The first kappa shape index (κ1) is 18.7. The Morgan fingerprint density at radius 3 is 2.33 bits per heavy atom. The van der Waals surface area contributed by atoms with Gasteiger partial charge in [-0.3, -0.25) is 19.2 Å². The number of aliphatic carboxylic acids is 2. The number of hydrogen-bond acceptors (Lipinski definition) is 6. The van der Waals surface area contributed by atoms with E-state index in [0.29, 0.717) is 0 Å². The second-order valence-corrected chi connectivity index (χ2v) is 4.34. The SMILES string of the molecule is N[C@@H](CCC(=O)N[C@H](C=S=O)C(=O)NCC(=O)O)C(=O)O. The van der Waals surface area contributed by atoms with Gasteiger partial charge in [-0.15, -0.1) is 0 Å². The minimum Gasteiger partial charge on any atom is -0.480 e. The molecule has 0 heterocycles. The number of carbonyl (C=O) groups is 4. The fraction of sp³-hybridized carbons (Fsp3) is 0.500. The van der Waals surface area contributed by atoms with E-state index in [0.717, 1.165) is 5.37 Å². The van der Waals surface area contributed by atoms with Crippen LogP contribution in [0.5, 0.6) is 0 Å². The molecule has 0 radical (unpaired) electrons. The highest BCUT2D eigenvalue weighted by Crippen LogP contribution is 1.95. The molecule has 0 aliphatic heterocycles. The third-order valence-electron chi connectivity index (χ3n) is 2.20. The number of hydrogen-bond donors (Lipinski definition) is 5. The summed E-state index contributed by atoms with van der Waals surface area (Å²) in [6.07, 6.45) is -0.400. The van der Waals surface area contributed by atoms with Gasteiger partial charge in [0, 0.05) is 11.8 Å². The molecule has 2 atom stereocenters. The lowest BCUT2D eigenvalue weighted by Crippen LogP contribution is -2.49. The van der Waals surface area contributed by atoms with Crippen molar-refractivity contribution in [2.45, 2.75) is 24.9 Å². The Balaban J connectivity index is 4.45. The number of carboxylic acids is 2. The van der Waals surface area contributed by atoms with Gasteiger partial charge in [0.2, 0.25) is 11.8 Å². The van der Waals surface area contributed by atoms with Crippen molar-refractivity contribution in [3.8, 4) is 0 Å². The average molecular weight is 321 g/mol. The van der Waals surface area contributed by atoms with E-state index in [2.05, 4.69) is 5.32 Å². The van der Waals surface area contributed by atoms with Crippen LogP contribution < -0.4 is 16.4 Å². The van der Waals surface area contributed by atoms with E-state index < -0.39 is 42.4 Å². The Labute approximate surface area is 122 Å². The molecule has 11 heteroatoms. The summed E-state index contributed by atoms with van der Waals surface area (Å²) in [6, 6.07) is -2.53. The van der Waals surface area contributed by atoms with Gasteiger partial charge < -0.3 is 26.6 Å². The number of carbonyl (C=O) groups excluding carboxylic acids is 2. The van der Waals surface area contributed by atoms with Gasteiger partial charge in [0.15, 0.2) is 0 Å². The van der Waals surface area contributed by atoms with Gasteiger partial charge in [-0.1, -0.05) is 0 Å². The van der Waals surface area contributed by atoms with Crippen molar-refractivity contribution in [3.05, 3.63) is 0 Å². The molecule has 0 aromatic heterocycles. The lowest BCUT2D eigenvalue weighted by Gasteiger charge is -2.13. The summed E-state index contributed by atoms with van der Waals surface area (Å²) >= 11 is -0.0732. The molecule has 0 aromatic rings. The lowest BCUT2D eigenvalue weighted by molar-refractivity contribution is -0.139.